The van der Waals surface area contributed by atoms with Crippen LogP contribution in [0.5, 0.6) is 5.75 Å². The molecule has 0 aliphatic rings. The molecule has 0 atom stereocenters. The number of hydrogen-bond donors (Lipinski definition) is 1. The highest BCUT2D eigenvalue weighted by Gasteiger charge is 2.31. The van der Waals surface area contributed by atoms with Gasteiger partial charge < -0.3 is 9.15 Å². The van der Waals surface area contributed by atoms with Crippen LogP contribution in [0.15, 0.2) is 58.0 Å². The van der Waals surface area contributed by atoms with Gasteiger partial charge in [-0.2, -0.15) is 13.6 Å². The summed E-state index contributed by atoms with van der Waals surface area (Å²) >= 11 is 6.40. The summed E-state index contributed by atoms with van der Waals surface area (Å²) in [5.41, 5.74) is 2.82. The molecular weight excluding hydrogens is 490 g/mol. The monoisotopic (exact) mass is 515 g/mol. The highest BCUT2D eigenvalue weighted by Crippen LogP contribution is 2.38. The number of halogens is 1. The van der Waals surface area contributed by atoms with Gasteiger partial charge in [0, 0.05) is 23.2 Å². The van der Waals surface area contributed by atoms with Gasteiger partial charge >= 0.3 is 0 Å². The van der Waals surface area contributed by atoms with Crippen LogP contribution in [0.1, 0.15) is 30.7 Å². The van der Waals surface area contributed by atoms with E-state index in [0.29, 0.717) is 28.0 Å². The van der Waals surface area contributed by atoms with Crippen molar-refractivity contribution >= 4 is 27.3 Å². The zero-order chi connectivity index (χ0) is 25.2. The number of aromatic amines is 1. The number of sulfonamides is 1. The lowest BCUT2D eigenvalue weighted by Crippen LogP contribution is -2.34. The number of nitrogens with one attached hydrogen (secondary N) is 1. The van der Waals surface area contributed by atoms with E-state index in [4.69, 9.17) is 20.8 Å². The Balaban J connectivity index is 1.67. The number of rotatable bonds is 9. The molecule has 4 aromatic rings. The normalized spacial score (nSPS) is 11.7. The Labute approximate surface area is 209 Å². The molecule has 1 N–H and O–H groups in total. The number of benzene rings is 2. The van der Waals surface area contributed by atoms with Crippen molar-refractivity contribution in [2.24, 2.45) is 5.92 Å². The fourth-order valence-electron chi connectivity index (χ4n) is 3.47. The highest BCUT2D eigenvalue weighted by molar-refractivity contribution is 7.92. The fraction of sp³-hybridized carbons (Fsp3) is 0.292. The Bertz CT molecular complexity index is 1400. The van der Waals surface area contributed by atoms with Crippen LogP contribution in [0, 0.1) is 19.8 Å². The predicted molar refractivity (Wildman–Crippen MR) is 133 cm³/mol. The molecule has 35 heavy (non-hydrogen) atoms. The Kier molecular flexibility index (Phi) is 7.13. The van der Waals surface area contributed by atoms with Crippen molar-refractivity contribution < 1.29 is 17.6 Å². The van der Waals surface area contributed by atoms with E-state index in [1.807, 2.05) is 45.0 Å². The summed E-state index contributed by atoms with van der Waals surface area (Å²) in [5, 5.41) is 14.3. The van der Waals surface area contributed by atoms with E-state index in [1.165, 1.54) is 10.4 Å². The first-order chi connectivity index (χ1) is 16.6. The minimum absolute atomic E-state index is 0.0438. The van der Waals surface area contributed by atoms with Gasteiger partial charge in [-0.3, -0.25) is 4.31 Å². The first-order valence-corrected chi connectivity index (χ1v) is 12.8. The van der Waals surface area contributed by atoms with E-state index in [9.17, 15) is 8.42 Å². The van der Waals surface area contributed by atoms with Crippen molar-refractivity contribution in [3.63, 3.8) is 0 Å². The van der Waals surface area contributed by atoms with Crippen LogP contribution in [0.3, 0.4) is 0 Å². The number of aryl methyl sites for hydroxylation is 2. The van der Waals surface area contributed by atoms with Crippen molar-refractivity contribution in [1.29, 1.82) is 0 Å². The molecule has 184 valence electrons. The van der Waals surface area contributed by atoms with Crippen molar-refractivity contribution in [2.45, 2.75) is 39.4 Å². The average Bonchev–Trinajstić information content (AvgIpc) is 3.51. The molecule has 4 rings (SSSR count). The summed E-state index contributed by atoms with van der Waals surface area (Å²) < 4.78 is 40.1. The molecule has 9 nitrogen and oxygen atoms in total. The second-order valence-electron chi connectivity index (χ2n) is 8.59. The molecule has 0 aliphatic carbocycles. The van der Waals surface area contributed by atoms with Crippen LogP contribution in [-0.4, -0.2) is 35.6 Å². The van der Waals surface area contributed by atoms with Crippen molar-refractivity contribution in [3.05, 3.63) is 70.4 Å². The van der Waals surface area contributed by atoms with Gasteiger partial charge in [0.05, 0.1) is 5.69 Å². The van der Waals surface area contributed by atoms with Crippen molar-refractivity contribution in [2.75, 3.05) is 10.8 Å². The van der Waals surface area contributed by atoms with Gasteiger partial charge in [-0.05, 0) is 54.3 Å². The van der Waals surface area contributed by atoms with Crippen LogP contribution < -0.4 is 9.04 Å². The molecule has 11 heteroatoms. The molecule has 0 aliphatic heterocycles. The summed E-state index contributed by atoms with van der Waals surface area (Å²) in [6, 6.07) is 14.0. The Morgan fingerprint density at radius 3 is 2.46 bits per heavy atom. The number of furan rings is 1. The molecule has 2 heterocycles. The third kappa shape index (κ3) is 5.49. The first kappa shape index (κ1) is 24.7. The maximum Gasteiger partial charge on any atom is 0.297 e. The third-order valence-corrected chi connectivity index (χ3v) is 7.31. The Morgan fingerprint density at radius 1 is 1.11 bits per heavy atom. The minimum Gasteiger partial charge on any atom is -0.487 e. The first-order valence-electron chi connectivity index (χ1n) is 11.0. The quantitative estimate of drug-likeness (QED) is 0.327. The number of nitrogens with zero attached hydrogens (tertiary/aromatic N) is 4. The molecular formula is C24H26ClN5O4S. The summed E-state index contributed by atoms with van der Waals surface area (Å²) in [6.07, 6.45) is 0. The largest absolute Gasteiger partial charge is 0.487 e. The Morgan fingerprint density at radius 2 is 1.86 bits per heavy atom. The lowest BCUT2D eigenvalue weighted by molar-refractivity contribution is 0.307. The molecule has 0 saturated heterocycles. The zero-order valence-electron chi connectivity index (χ0n) is 19.8. The predicted octanol–water partition coefficient (Wildman–Crippen LogP) is 5.16. The zero-order valence-corrected chi connectivity index (χ0v) is 21.4. The van der Waals surface area contributed by atoms with Gasteiger partial charge in [0.25, 0.3) is 10.0 Å². The molecule has 0 unspecified atom stereocenters. The highest BCUT2D eigenvalue weighted by atomic mass is 35.5. The molecule has 0 saturated carbocycles. The SMILES string of the molecule is Cc1ccc(S(=O)(=O)N(CC(C)C)c2cc(C)c(Cl)cc2OCc2ccc(-c3nn[nH]n3)cc2)o1. The standard InChI is InChI=1S/C24H26ClN5O4S/c1-15(2)13-30(35(31,32)23-10-5-17(4)34-23)21-11-16(3)20(25)12-22(21)33-14-18-6-8-19(9-7-18)24-26-28-29-27-24/h5-12,15H,13-14H2,1-4H3,(H,26,27,28,29). The molecule has 0 spiro atoms. The number of hydrogen-bond acceptors (Lipinski definition) is 7. The summed E-state index contributed by atoms with van der Waals surface area (Å²) in [6.45, 7) is 7.86. The fourth-order valence-corrected chi connectivity index (χ4v) is 5.21. The lowest BCUT2D eigenvalue weighted by Gasteiger charge is -2.27. The van der Waals surface area contributed by atoms with E-state index < -0.39 is 10.0 Å². The van der Waals surface area contributed by atoms with Crippen LogP contribution in [-0.2, 0) is 16.6 Å². The van der Waals surface area contributed by atoms with Crippen LogP contribution in [0.2, 0.25) is 5.02 Å². The van der Waals surface area contributed by atoms with Gasteiger partial charge in [-0.25, -0.2) is 0 Å². The van der Waals surface area contributed by atoms with E-state index in [0.717, 1.165) is 16.7 Å². The average molecular weight is 516 g/mol. The molecule has 0 amide bonds. The topological polar surface area (TPSA) is 114 Å². The maximum atomic E-state index is 13.6. The van der Waals surface area contributed by atoms with Crippen LogP contribution in [0.4, 0.5) is 5.69 Å². The van der Waals surface area contributed by atoms with Gasteiger partial charge in [0.1, 0.15) is 18.1 Å². The summed E-state index contributed by atoms with van der Waals surface area (Å²) in [5.74, 6) is 1.41. The second-order valence-corrected chi connectivity index (χ2v) is 10.8. The minimum atomic E-state index is -3.97. The Hall–Kier alpha value is -3.37. The van der Waals surface area contributed by atoms with Gasteiger partial charge in [-0.1, -0.05) is 49.7 Å². The van der Waals surface area contributed by atoms with Crippen LogP contribution >= 0.6 is 11.6 Å². The van der Waals surface area contributed by atoms with Crippen molar-refractivity contribution in [3.8, 4) is 17.1 Å². The van der Waals surface area contributed by atoms with Gasteiger partial charge in [0.15, 0.2) is 0 Å². The van der Waals surface area contributed by atoms with Gasteiger partial charge in [0.2, 0.25) is 10.9 Å². The molecule has 2 aromatic carbocycles. The summed E-state index contributed by atoms with van der Waals surface area (Å²) in [7, 11) is -3.97. The van der Waals surface area contributed by atoms with E-state index in [2.05, 4.69) is 20.6 Å². The lowest BCUT2D eigenvalue weighted by atomic mass is 10.1. The number of aromatic nitrogens is 4. The van der Waals surface area contributed by atoms with Gasteiger partial charge in [-0.15, -0.1) is 10.2 Å². The summed E-state index contributed by atoms with van der Waals surface area (Å²) in [4.78, 5) is 0. The molecule has 0 bridgehead atoms. The smallest absolute Gasteiger partial charge is 0.297 e. The third-order valence-electron chi connectivity index (χ3n) is 5.25. The van der Waals surface area contributed by atoms with E-state index in [-0.39, 0.29) is 24.2 Å². The van der Waals surface area contributed by atoms with E-state index >= 15 is 0 Å². The number of tetrazole rings is 1. The van der Waals surface area contributed by atoms with Crippen LogP contribution in [0.25, 0.3) is 11.4 Å². The second kappa shape index (κ2) is 10.1. The number of ether oxygens (including phenoxy) is 1. The van der Waals surface area contributed by atoms with E-state index in [1.54, 1.807) is 25.1 Å². The maximum absolute atomic E-state index is 13.6. The number of H-pyrrole nitrogens is 1. The molecule has 0 radical (unpaired) electrons. The molecule has 2 aromatic heterocycles. The number of anilines is 1. The molecule has 0 fully saturated rings. The van der Waals surface area contributed by atoms with Crippen molar-refractivity contribution in [1.82, 2.24) is 20.6 Å².